The maximum Gasteiger partial charge on any atom is 0.274 e. The van der Waals surface area contributed by atoms with Gasteiger partial charge in [-0.25, -0.2) is 9.37 Å². The van der Waals surface area contributed by atoms with Gasteiger partial charge in [-0.3, -0.25) is 4.79 Å². The van der Waals surface area contributed by atoms with E-state index in [1.165, 1.54) is 12.1 Å². The fourth-order valence-corrected chi connectivity index (χ4v) is 3.91. The van der Waals surface area contributed by atoms with Gasteiger partial charge < -0.3 is 9.64 Å². The predicted octanol–water partition coefficient (Wildman–Crippen LogP) is 4.12. The van der Waals surface area contributed by atoms with E-state index in [0.29, 0.717) is 23.8 Å². The normalized spacial score (nSPS) is 15.5. The maximum absolute atomic E-state index is 13.3. The van der Waals surface area contributed by atoms with Crippen molar-refractivity contribution in [1.29, 1.82) is 0 Å². The number of benzene rings is 2. The molecule has 3 aromatic rings. The monoisotopic (exact) mass is 356 g/mol. The lowest BCUT2D eigenvalue weighted by Crippen LogP contribution is -2.41. The highest BCUT2D eigenvalue weighted by molar-refractivity contribution is 7.20. The number of nitrogens with zero attached hydrogens (tertiary/aromatic N) is 2. The van der Waals surface area contributed by atoms with Crippen LogP contribution in [-0.2, 0) is 0 Å². The molecule has 0 bridgehead atoms. The van der Waals surface area contributed by atoms with Crippen LogP contribution in [0.4, 0.5) is 4.39 Å². The first-order chi connectivity index (χ1) is 12.2. The summed E-state index contributed by atoms with van der Waals surface area (Å²) < 4.78 is 20.4. The molecule has 2 aromatic carbocycles. The molecule has 4 rings (SSSR count). The van der Waals surface area contributed by atoms with Crippen molar-refractivity contribution in [2.75, 3.05) is 13.1 Å². The number of para-hydroxylation sites is 1. The largest absolute Gasteiger partial charge is 0.467 e. The summed E-state index contributed by atoms with van der Waals surface area (Å²) in [7, 11) is 0. The van der Waals surface area contributed by atoms with Gasteiger partial charge in [0, 0.05) is 31.5 Å². The van der Waals surface area contributed by atoms with E-state index in [1.807, 2.05) is 24.3 Å². The van der Waals surface area contributed by atoms with Crippen LogP contribution < -0.4 is 4.74 Å². The van der Waals surface area contributed by atoms with Crippen molar-refractivity contribution in [1.82, 2.24) is 9.88 Å². The summed E-state index contributed by atoms with van der Waals surface area (Å²) in [6.45, 7) is 1.20. The fraction of sp³-hybridized carbons (Fsp3) is 0.263. The maximum atomic E-state index is 13.3. The molecule has 2 heterocycles. The van der Waals surface area contributed by atoms with Crippen molar-refractivity contribution in [2.24, 2.45) is 0 Å². The van der Waals surface area contributed by atoms with Crippen molar-refractivity contribution in [2.45, 2.75) is 18.9 Å². The van der Waals surface area contributed by atoms with E-state index in [2.05, 4.69) is 4.98 Å². The fourth-order valence-electron chi connectivity index (χ4n) is 3.02. The van der Waals surface area contributed by atoms with Crippen LogP contribution in [-0.4, -0.2) is 35.0 Å². The Kier molecular flexibility index (Phi) is 4.36. The SMILES string of the molecule is O=C(c1cccc(F)c1)N1CCC(Oc2nc3ccccc3s2)CC1. The molecule has 4 nitrogen and oxygen atoms in total. The summed E-state index contributed by atoms with van der Waals surface area (Å²) in [6, 6.07) is 13.8. The lowest BCUT2D eigenvalue weighted by molar-refractivity contribution is 0.0595. The molecular weight excluding hydrogens is 339 g/mol. The Morgan fingerprint density at radius 3 is 2.72 bits per heavy atom. The van der Waals surface area contributed by atoms with Gasteiger partial charge in [0.05, 0.1) is 10.2 Å². The standard InChI is InChI=1S/C19H17FN2O2S/c20-14-5-3-4-13(12-14)18(23)22-10-8-15(9-11-22)24-19-21-16-6-1-2-7-17(16)25-19/h1-7,12,15H,8-11H2. The van der Waals surface area contributed by atoms with Crippen molar-refractivity contribution in [3.8, 4) is 5.19 Å². The first-order valence-corrected chi connectivity index (χ1v) is 9.08. The number of hydrogen-bond donors (Lipinski definition) is 0. The average Bonchev–Trinajstić information content (AvgIpc) is 3.04. The number of rotatable bonds is 3. The van der Waals surface area contributed by atoms with Gasteiger partial charge in [-0.05, 0) is 30.3 Å². The summed E-state index contributed by atoms with van der Waals surface area (Å²) in [6.07, 6.45) is 1.55. The summed E-state index contributed by atoms with van der Waals surface area (Å²) in [5.74, 6) is -0.516. The Balaban J connectivity index is 1.37. The Bertz CT molecular complexity index is 870. The smallest absolute Gasteiger partial charge is 0.274 e. The topological polar surface area (TPSA) is 42.4 Å². The lowest BCUT2D eigenvalue weighted by atomic mass is 10.1. The molecule has 0 spiro atoms. The first-order valence-electron chi connectivity index (χ1n) is 8.26. The Morgan fingerprint density at radius 1 is 1.16 bits per heavy atom. The zero-order chi connectivity index (χ0) is 17.2. The highest BCUT2D eigenvalue weighted by Gasteiger charge is 2.25. The third-order valence-corrected chi connectivity index (χ3v) is 5.27. The Labute approximate surface area is 148 Å². The van der Waals surface area contributed by atoms with Gasteiger partial charge in [-0.1, -0.05) is 29.5 Å². The zero-order valence-electron chi connectivity index (χ0n) is 13.5. The van der Waals surface area contributed by atoms with E-state index in [0.717, 1.165) is 23.1 Å². The van der Waals surface area contributed by atoms with E-state index in [9.17, 15) is 9.18 Å². The quantitative estimate of drug-likeness (QED) is 0.709. The van der Waals surface area contributed by atoms with Crippen molar-refractivity contribution >= 4 is 27.5 Å². The van der Waals surface area contributed by atoms with Crippen LogP contribution in [0.5, 0.6) is 5.19 Å². The number of hydrogen-bond acceptors (Lipinski definition) is 4. The van der Waals surface area contributed by atoms with Crippen LogP contribution in [0.3, 0.4) is 0 Å². The van der Waals surface area contributed by atoms with Crippen molar-refractivity contribution in [3.63, 3.8) is 0 Å². The molecule has 1 fully saturated rings. The van der Waals surface area contributed by atoms with Crippen LogP contribution in [0.1, 0.15) is 23.2 Å². The molecule has 0 unspecified atom stereocenters. The van der Waals surface area contributed by atoms with E-state index in [1.54, 1.807) is 28.4 Å². The molecule has 1 aliphatic rings. The van der Waals surface area contributed by atoms with Gasteiger partial charge >= 0.3 is 0 Å². The molecule has 0 N–H and O–H groups in total. The number of halogens is 1. The van der Waals surface area contributed by atoms with Crippen LogP contribution >= 0.6 is 11.3 Å². The molecule has 128 valence electrons. The van der Waals surface area contributed by atoms with Gasteiger partial charge in [0.25, 0.3) is 11.1 Å². The number of fused-ring (bicyclic) bond motifs is 1. The van der Waals surface area contributed by atoms with Gasteiger partial charge in [-0.15, -0.1) is 0 Å². The average molecular weight is 356 g/mol. The van der Waals surface area contributed by atoms with Crippen molar-refractivity contribution in [3.05, 3.63) is 59.9 Å². The second-order valence-electron chi connectivity index (χ2n) is 6.07. The molecule has 0 atom stereocenters. The van der Waals surface area contributed by atoms with Crippen LogP contribution in [0, 0.1) is 5.82 Å². The molecule has 0 aliphatic carbocycles. The molecule has 1 saturated heterocycles. The summed E-state index contributed by atoms with van der Waals surface area (Å²) >= 11 is 1.54. The number of likely N-dealkylation sites (tertiary alicyclic amines) is 1. The zero-order valence-corrected chi connectivity index (χ0v) is 14.3. The second-order valence-corrected chi connectivity index (χ2v) is 7.06. The highest BCUT2D eigenvalue weighted by atomic mass is 32.1. The molecular formula is C19H17FN2O2S. The Hall–Kier alpha value is -2.47. The number of carbonyl (C=O) groups is 1. The minimum Gasteiger partial charge on any atom is -0.467 e. The molecule has 0 radical (unpaired) electrons. The predicted molar refractivity (Wildman–Crippen MR) is 95.6 cm³/mol. The number of amides is 1. The third-order valence-electron chi connectivity index (χ3n) is 4.34. The first kappa shape index (κ1) is 16.0. The van der Waals surface area contributed by atoms with Gasteiger partial charge in [-0.2, -0.15) is 0 Å². The van der Waals surface area contributed by atoms with Crippen molar-refractivity contribution < 1.29 is 13.9 Å². The number of thiazole rings is 1. The minimum atomic E-state index is -0.389. The van der Waals surface area contributed by atoms with E-state index >= 15 is 0 Å². The van der Waals surface area contributed by atoms with Gasteiger partial charge in [0.2, 0.25) is 0 Å². The molecule has 0 saturated carbocycles. The molecule has 25 heavy (non-hydrogen) atoms. The van der Waals surface area contributed by atoms with E-state index in [-0.39, 0.29) is 17.8 Å². The van der Waals surface area contributed by atoms with Gasteiger partial charge in [0.1, 0.15) is 11.9 Å². The molecule has 1 aromatic heterocycles. The number of piperidine rings is 1. The van der Waals surface area contributed by atoms with Gasteiger partial charge in [0.15, 0.2) is 0 Å². The van der Waals surface area contributed by atoms with Crippen LogP contribution in [0.25, 0.3) is 10.2 Å². The molecule has 1 amide bonds. The lowest BCUT2D eigenvalue weighted by Gasteiger charge is -2.31. The summed E-state index contributed by atoms with van der Waals surface area (Å²) in [4.78, 5) is 18.7. The number of ether oxygens (including phenoxy) is 1. The number of aromatic nitrogens is 1. The third kappa shape index (κ3) is 3.49. The van der Waals surface area contributed by atoms with Crippen LogP contribution in [0.2, 0.25) is 0 Å². The summed E-state index contributed by atoms with van der Waals surface area (Å²) in [5, 5.41) is 0.677. The number of carbonyl (C=O) groups excluding carboxylic acids is 1. The Morgan fingerprint density at radius 2 is 1.96 bits per heavy atom. The van der Waals surface area contributed by atoms with E-state index < -0.39 is 0 Å². The van der Waals surface area contributed by atoms with Crippen LogP contribution in [0.15, 0.2) is 48.5 Å². The second kappa shape index (κ2) is 6.80. The minimum absolute atomic E-state index is 0.0529. The molecule has 6 heteroatoms. The highest BCUT2D eigenvalue weighted by Crippen LogP contribution is 2.29. The van der Waals surface area contributed by atoms with E-state index in [4.69, 9.17) is 4.74 Å². The molecule has 1 aliphatic heterocycles. The summed E-state index contributed by atoms with van der Waals surface area (Å²) in [5.41, 5.74) is 1.34.